The molecule has 1 fully saturated rings. The van der Waals surface area contributed by atoms with Crippen LogP contribution in [0.1, 0.15) is 31.2 Å². The molecule has 0 atom stereocenters. The standard InChI is InChI=1S/C12H19N3O2S2/c1-3-13-11-15-14-9(19-11)7-18-8-12(4-5-12)6-10(16)17-2/h3-8H2,1-2H3,(H,13,15). The van der Waals surface area contributed by atoms with Crippen LogP contribution < -0.4 is 5.32 Å². The van der Waals surface area contributed by atoms with Crippen LogP contribution in [0.3, 0.4) is 0 Å². The van der Waals surface area contributed by atoms with Crippen molar-refractivity contribution in [2.45, 2.75) is 31.9 Å². The van der Waals surface area contributed by atoms with Crippen molar-refractivity contribution in [2.24, 2.45) is 5.41 Å². The van der Waals surface area contributed by atoms with E-state index in [0.29, 0.717) is 6.42 Å². The maximum atomic E-state index is 11.3. The van der Waals surface area contributed by atoms with Crippen molar-refractivity contribution < 1.29 is 9.53 Å². The van der Waals surface area contributed by atoms with E-state index < -0.39 is 0 Å². The minimum absolute atomic E-state index is 0.0940. The van der Waals surface area contributed by atoms with Crippen molar-refractivity contribution in [1.82, 2.24) is 10.2 Å². The molecule has 1 aromatic rings. The molecule has 106 valence electrons. The van der Waals surface area contributed by atoms with Gasteiger partial charge in [-0.3, -0.25) is 4.79 Å². The Kier molecular flexibility index (Phi) is 5.04. The normalized spacial score (nSPS) is 16.1. The number of carbonyl (C=O) groups excluding carboxylic acids is 1. The van der Waals surface area contributed by atoms with E-state index in [0.717, 1.165) is 41.0 Å². The number of methoxy groups -OCH3 is 1. The van der Waals surface area contributed by atoms with Gasteiger partial charge in [-0.25, -0.2) is 0 Å². The summed E-state index contributed by atoms with van der Waals surface area (Å²) in [4.78, 5) is 11.3. The molecular weight excluding hydrogens is 282 g/mol. The molecule has 1 aromatic heterocycles. The fourth-order valence-electron chi connectivity index (χ4n) is 1.82. The molecule has 0 saturated heterocycles. The fourth-order valence-corrected chi connectivity index (χ4v) is 4.06. The summed E-state index contributed by atoms with van der Waals surface area (Å²) in [7, 11) is 1.45. The highest BCUT2D eigenvalue weighted by atomic mass is 32.2. The zero-order valence-electron chi connectivity index (χ0n) is 11.3. The lowest BCUT2D eigenvalue weighted by atomic mass is 10.1. The molecule has 5 nitrogen and oxygen atoms in total. The molecule has 1 heterocycles. The Morgan fingerprint density at radius 2 is 2.32 bits per heavy atom. The second-order valence-corrected chi connectivity index (χ2v) is 6.82. The molecule has 1 saturated carbocycles. The van der Waals surface area contributed by atoms with Crippen LogP contribution in [0, 0.1) is 5.41 Å². The van der Waals surface area contributed by atoms with Gasteiger partial charge in [0, 0.05) is 12.3 Å². The van der Waals surface area contributed by atoms with E-state index in [2.05, 4.69) is 15.5 Å². The van der Waals surface area contributed by atoms with Crippen LogP contribution in [-0.4, -0.2) is 35.6 Å². The molecule has 0 amide bonds. The Bertz CT molecular complexity index is 432. The van der Waals surface area contributed by atoms with E-state index in [1.165, 1.54) is 7.11 Å². The summed E-state index contributed by atoms with van der Waals surface area (Å²) in [6.45, 7) is 2.91. The second-order valence-electron chi connectivity index (χ2n) is 4.78. The van der Waals surface area contributed by atoms with Gasteiger partial charge in [0.15, 0.2) is 0 Å². The third-order valence-electron chi connectivity index (χ3n) is 3.13. The van der Waals surface area contributed by atoms with E-state index in [-0.39, 0.29) is 11.4 Å². The monoisotopic (exact) mass is 301 g/mol. The quantitative estimate of drug-likeness (QED) is 0.744. The first-order valence-electron chi connectivity index (χ1n) is 6.38. The summed E-state index contributed by atoms with van der Waals surface area (Å²) >= 11 is 3.43. The minimum atomic E-state index is -0.0940. The third kappa shape index (κ3) is 4.35. The highest BCUT2D eigenvalue weighted by Gasteiger charge is 2.44. The number of thioether (sulfide) groups is 1. The van der Waals surface area contributed by atoms with Crippen molar-refractivity contribution in [1.29, 1.82) is 0 Å². The van der Waals surface area contributed by atoms with E-state index in [1.807, 2.05) is 18.7 Å². The zero-order chi connectivity index (χ0) is 13.7. The number of hydrogen-bond acceptors (Lipinski definition) is 7. The summed E-state index contributed by atoms with van der Waals surface area (Å²) in [5, 5.41) is 13.3. The smallest absolute Gasteiger partial charge is 0.306 e. The highest BCUT2D eigenvalue weighted by Crippen LogP contribution is 2.51. The number of carbonyl (C=O) groups is 1. The Morgan fingerprint density at radius 1 is 1.53 bits per heavy atom. The largest absolute Gasteiger partial charge is 0.469 e. The number of nitrogens with one attached hydrogen (secondary N) is 1. The van der Waals surface area contributed by atoms with Gasteiger partial charge in [-0.2, -0.15) is 11.8 Å². The molecule has 1 aliphatic carbocycles. The van der Waals surface area contributed by atoms with Crippen molar-refractivity contribution in [3.8, 4) is 0 Å². The van der Waals surface area contributed by atoms with Gasteiger partial charge in [0.05, 0.1) is 13.5 Å². The van der Waals surface area contributed by atoms with Crippen molar-refractivity contribution >= 4 is 34.2 Å². The van der Waals surface area contributed by atoms with Gasteiger partial charge in [0.2, 0.25) is 5.13 Å². The molecule has 0 aliphatic heterocycles. The number of rotatable bonds is 8. The van der Waals surface area contributed by atoms with Gasteiger partial charge in [-0.15, -0.1) is 10.2 Å². The number of nitrogens with zero attached hydrogens (tertiary/aromatic N) is 2. The van der Waals surface area contributed by atoms with Gasteiger partial charge >= 0.3 is 5.97 Å². The summed E-state index contributed by atoms with van der Waals surface area (Å²) < 4.78 is 4.74. The van der Waals surface area contributed by atoms with Crippen LogP contribution in [-0.2, 0) is 15.3 Å². The van der Waals surface area contributed by atoms with E-state index >= 15 is 0 Å². The summed E-state index contributed by atoms with van der Waals surface area (Å²) in [6, 6.07) is 0. The lowest BCUT2D eigenvalue weighted by Crippen LogP contribution is -2.13. The van der Waals surface area contributed by atoms with Crippen LogP contribution in [0.5, 0.6) is 0 Å². The summed E-state index contributed by atoms with van der Waals surface area (Å²) in [5.41, 5.74) is 0.187. The van der Waals surface area contributed by atoms with Crippen LogP contribution >= 0.6 is 23.1 Å². The summed E-state index contributed by atoms with van der Waals surface area (Å²) in [5.74, 6) is 1.77. The number of ether oxygens (including phenoxy) is 1. The van der Waals surface area contributed by atoms with Crippen LogP contribution in [0.25, 0.3) is 0 Å². The van der Waals surface area contributed by atoms with Crippen molar-refractivity contribution in [3.05, 3.63) is 5.01 Å². The maximum Gasteiger partial charge on any atom is 0.306 e. The second kappa shape index (κ2) is 6.56. The molecule has 0 unspecified atom stereocenters. The molecule has 0 spiro atoms. The molecule has 1 aliphatic rings. The van der Waals surface area contributed by atoms with Crippen LogP contribution in [0.2, 0.25) is 0 Å². The Morgan fingerprint density at radius 3 is 2.95 bits per heavy atom. The molecular formula is C12H19N3O2S2. The molecule has 0 radical (unpaired) electrons. The van der Waals surface area contributed by atoms with Gasteiger partial charge in [-0.1, -0.05) is 11.3 Å². The van der Waals surface area contributed by atoms with E-state index in [4.69, 9.17) is 4.74 Å². The average molecular weight is 301 g/mol. The Balaban J connectivity index is 1.72. The van der Waals surface area contributed by atoms with E-state index in [9.17, 15) is 4.79 Å². The maximum absolute atomic E-state index is 11.3. The third-order valence-corrected chi connectivity index (χ3v) is 5.49. The lowest BCUT2D eigenvalue weighted by molar-refractivity contribution is -0.141. The first-order chi connectivity index (χ1) is 9.17. The Labute approximate surface area is 121 Å². The molecule has 2 rings (SSSR count). The lowest BCUT2D eigenvalue weighted by Gasteiger charge is -2.12. The molecule has 1 N–H and O–H groups in total. The highest BCUT2D eigenvalue weighted by molar-refractivity contribution is 7.98. The van der Waals surface area contributed by atoms with Crippen molar-refractivity contribution in [3.63, 3.8) is 0 Å². The molecule has 0 bridgehead atoms. The zero-order valence-corrected chi connectivity index (χ0v) is 12.9. The predicted molar refractivity (Wildman–Crippen MR) is 78.5 cm³/mol. The van der Waals surface area contributed by atoms with Crippen molar-refractivity contribution in [2.75, 3.05) is 24.7 Å². The van der Waals surface area contributed by atoms with Gasteiger partial charge < -0.3 is 10.1 Å². The summed E-state index contributed by atoms with van der Waals surface area (Å²) in [6.07, 6.45) is 2.82. The van der Waals surface area contributed by atoms with Gasteiger partial charge in [-0.05, 0) is 30.9 Å². The van der Waals surface area contributed by atoms with Gasteiger partial charge in [0.25, 0.3) is 0 Å². The topological polar surface area (TPSA) is 64.1 Å². The predicted octanol–water partition coefficient (Wildman–Crippen LogP) is 2.55. The molecule has 7 heteroatoms. The average Bonchev–Trinajstić information content (AvgIpc) is 3.00. The van der Waals surface area contributed by atoms with E-state index in [1.54, 1.807) is 11.3 Å². The number of aromatic nitrogens is 2. The first kappa shape index (κ1) is 14.6. The van der Waals surface area contributed by atoms with Crippen LogP contribution in [0.15, 0.2) is 0 Å². The fraction of sp³-hybridized carbons (Fsp3) is 0.750. The SMILES string of the molecule is CCNc1nnc(CSCC2(CC(=O)OC)CC2)s1. The van der Waals surface area contributed by atoms with Gasteiger partial charge in [0.1, 0.15) is 5.01 Å². The van der Waals surface area contributed by atoms with Crippen LogP contribution in [0.4, 0.5) is 5.13 Å². The number of hydrogen-bond donors (Lipinski definition) is 1. The Hall–Kier alpha value is -0.820. The minimum Gasteiger partial charge on any atom is -0.469 e. The first-order valence-corrected chi connectivity index (χ1v) is 8.35. The molecule has 0 aromatic carbocycles. The number of esters is 1. The molecule has 19 heavy (non-hydrogen) atoms. The number of anilines is 1.